The lowest BCUT2D eigenvalue weighted by atomic mass is 10.1. The molecule has 3 rings (SSSR count). The van der Waals surface area contributed by atoms with Crippen molar-refractivity contribution in [3.05, 3.63) is 43.0 Å². The summed E-state index contributed by atoms with van der Waals surface area (Å²) in [6.07, 6.45) is 7.05. The van der Waals surface area contributed by atoms with E-state index in [9.17, 15) is 0 Å². The normalized spacial score (nSPS) is 9.86. The van der Waals surface area contributed by atoms with Gasteiger partial charge in [0.1, 0.15) is 5.69 Å². The van der Waals surface area contributed by atoms with Gasteiger partial charge >= 0.3 is 0 Å². The van der Waals surface area contributed by atoms with Gasteiger partial charge in [0, 0.05) is 43.0 Å². The Labute approximate surface area is 123 Å². The number of aryl methyl sites for hydroxylation is 1. The molecule has 0 unspecified atom stereocenters. The van der Waals surface area contributed by atoms with Gasteiger partial charge in [-0.25, -0.2) is 9.97 Å². The third kappa shape index (κ3) is 3.22. The number of pyridine rings is 1. The van der Waals surface area contributed by atoms with E-state index in [0.29, 0.717) is 0 Å². The molecule has 6 heteroatoms. The van der Waals surface area contributed by atoms with Crippen LogP contribution in [0.25, 0.3) is 22.5 Å². The Morgan fingerprint density at radius 3 is 2.62 bits per heavy atom. The molecule has 0 spiro atoms. The van der Waals surface area contributed by atoms with Crippen LogP contribution in [0.15, 0.2) is 43.0 Å². The summed E-state index contributed by atoms with van der Waals surface area (Å²) in [7, 11) is 1.87. The molecule has 0 bridgehead atoms. The van der Waals surface area contributed by atoms with E-state index in [4.69, 9.17) is 5.73 Å². The van der Waals surface area contributed by atoms with Crippen LogP contribution in [0.2, 0.25) is 0 Å². The molecule has 21 heavy (non-hydrogen) atoms. The van der Waals surface area contributed by atoms with E-state index in [2.05, 4.69) is 20.1 Å². The van der Waals surface area contributed by atoms with Crippen molar-refractivity contribution in [2.24, 2.45) is 7.05 Å². The van der Waals surface area contributed by atoms with Crippen LogP contribution < -0.4 is 5.73 Å². The fourth-order valence-corrected chi connectivity index (χ4v) is 1.92. The topological polar surface area (TPSA) is 82.5 Å². The third-order valence-corrected chi connectivity index (χ3v) is 2.71. The third-order valence-electron chi connectivity index (χ3n) is 2.71. The quantitative estimate of drug-likeness (QED) is 0.781. The molecule has 0 radical (unpaired) electrons. The largest absolute Gasteiger partial charge is 0.368 e. The molecule has 0 saturated heterocycles. The molecular weight excluding hydrogens is 264 g/mol. The number of nitrogens with zero attached hydrogens (tertiary/aromatic N) is 5. The van der Waals surface area contributed by atoms with E-state index < -0.39 is 0 Å². The highest BCUT2D eigenvalue weighted by atomic mass is 15.3. The fraction of sp³-hybridized carbons (Fsp3) is 0.200. The van der Waals surface area contributed by atoms with Crippen molar-refractivity contribution in [1.29, 1.82) is 0 Å². The molecule has 0 amide bonds. The van der Waals surface area contributed by atoms with Crippen molar-refractivity contribution >= 4 is 5.95 Å². The smallest absolute Gasteiger partial charge is 0.220 e. The Bertz CT molecular complexity index is 705. The molecule has 0 atom stereocenters. The van der Waals surface area contributed by atoms with Crippen molar-refractivity contribution in [1.82, 2.24) is 24.7 Å². The number of rotatable bonds is 2. The monoisotopic (exact) mass is 282 g/mol. The Kier molecular flexibility index (Phi) is 4.61. The van der Waals surface area contributed by atoms with Crippen LogP contribution in [-0.4, -0.2) is 24.7 Å². The number of hydrogen-bond acceptors (Lipinski definition) is 5. The summed E-state index contributed by atoms with van der Waals surface area (Å²) < 4.78 is 1.75. The van der Waals surface area contributed by atoms with Gasteiger partial charge in [-0.2, -0.15) is 5.10 Å². The minimum atomic E-state index is 0.249. The van der Waals surface area contributed by atoms with Crippen LogP contribution in [-0.2, 0) is 7.05 Å². The molecule has 0 saturated carbocycles. The molecule has 3 heterocycles. The predicted molar refractivity (Wildman–Crippen MR) is 83.2 cm³/mol. The van der Waals surface area contributed by atoms with Gasteiger partial charge in [-0.05, 0) is 18.2 Å². The highest BCUT2D eigenvalue weighted by Crippen LogP contribution is 2.28. The average Bonchev–Trinajstić information content (AvgIpc) is 2.92. The van der Waals surface area contributed by atoms with Crippen molar-refractivity contribution in [2.45, 2.75) is 13.8 Å². The van der Waals surface area contributed by atoms with Gasteiger partial charge in [-0.15, -0.1) is 0 Å². The lowest BCUT2D eigenvalue weighted by molar-refractivity contribution is 0.771. The van der Waals surface area contributed by atoms with Crippen molar-refractivity contribution < 1.29 is 0 Å². The van der Waals surface area contributed by atoms with Crippen LogP contribution in [0.4, 0.5) is 5.95 Å². The van der Waals surface area contributed by atoms with Crippen molar-refractivity contribution in [3.63, 3.8) is 0 Å². The number of nitrogen functional groups attached to an aromatic ring is 1. The van der Waals surface area contributed by atoms with Gasteiger partial charge in [0.05, 0.1) is 5.69 Å². The van der Waals surface area contributed by atoms with E-state index in [1.54, 1.807) is 23.3 Å². The summed E-state index contributed by atoms with van der Waals surface area (Å²) in [6.45, 7) is 4.00. The fourth-order valence-electron chi connectivity index (χ4n) is 1.92. The molecule has 3 aromatic heterocycles. The van der Waals surface area contributed by atoms with Gasteiger partial charge in [0.15, 0.2) is 0 Å². The molecule has 6 nitrogen and oxygen atoms in total. The minimum Gasteiger partial charge on any atom is -0.368 e. The summed E-state index contributed by atoms with van der Waals surface area (Å²) in [6, 6.07) is 5.65. The minimum absolute atomic E-state index is 0.249. The Morgan fingerprint density at radius 1 is 1.14 bits per heavy atom. The second-order valence-electron chi connectivity index (χ2n) is 4.11. The second kappa shape index (κ2) is 6.60. The molecule has 2 N–H and O–H groups in total. The summed E-state index contributed by atoms with van der Waals surface area (Å²) in [5.74, 6) is 0.249. The molecule has 108 valence electrons. The molecular formula is C15H18N6. The zero-order valence-corrected chi connectivity index (χ0v) is 12.4. The Hall–Kier alpha value is -2.76. The first-order valence-electron chi connectivity index (χ1n) is 6.77. The van der Waals surface area contributed by atoms with Crippen LogP contribution in [0.3, 0.4) is 0 Å². The standard InChI is InChI=1S/C13H12N6.C2H6/c1-19-8-10(11-4-6-16-13(14)17-11)12(18-19)9-3-2-5-15-7-9;1-2/h2-8H,1H3,(H2,14,16,17);1-2H3. The maximum atomic E-state index is 5.63. The number of nitrogens with two attached hydrogens (primary N) is 1. The van der Waals surface area contributed by atoms with E-state index in [1.807, 2.05) is 45.3 Å². The van der Waals surface area contributed by atoms with E-state index in [0.717, 1.165) is 22.5 Å². The zero-order chi connectivity index (χ0) is 15.2. The van der Waals surface area contributed by atoms with E-state index in [1.165, 1.54) is 0 Å². The van der Waals surface area contributed by atoms with Crippen molar-refractivity contribution in [2.75, 3.05) is 5.73 Å². The van der Waals surface area contributed by atoms with Crippen molar-refractivity contribution in [3.8, 4) is 22.5 Å². The van der Waals surface area contributed by atoms with Crippen LogP contribution >= 0.6 is 0 Å². The number of aromatic nitrogens is 5. The maximum absolute atomic E-state index is 5.63. The maximum Gasteiger partial charge on any atom is 0.220 e. The Balaban J connectivity index is 0.000000774. The SMILES string of the molecule is CC.Cn1cc(-c2ccnc(N)n2)c(-c2cccnc2)n1. The Morgan fingerprint density at radius 2 is 1.95 bits per heavy atom. The van der Waals surface area contributed by atoms with Crippen LogP contribution in [0, 0.1) is 0 Å². The van der Waals surface area contributed by atoms with E-state index >= 15 is 0 Å². The number of anilines is 1. The average molecular weight is 282 g/mol. The van der Waals surface area contributed by atoms with E-state index in [-0.39, 0.29) is 5.95 Å². The summed E-state index contributed by atoms with van der Waals surface area (Å²) >= 11 is 0. The summed E-state index contributed by atoms with van der Waals surface area (Å²) in [4.78, 5) is 12.3. The predicted octanol–water partition coefficient (Wildman–Crippen LogP) is 2.55. The highest BCUT2D eigenvalue weighted by Gasteiger charge is 2.13. The lowest BCUT2D eigenvalue weighted by Crippen LogP contribution is -1.95. The molecule has 0 aliphatic heterocycles. The molecule has 0 fully saturated rings. The summed E-state index contributed by atoms with van der Waals surface area (Å²) in [5.41, 5.74) is 9.05. The first-order chi connectivity index (χ1) is 10.2. The van der Waals surface area contributed by atoms with Gasteiger partial charge in [0.25, 0.3) is 0 Å². The summed E-state index contributed by atoms with van der Waals surface area (Å²) in [5, 5.41) is 4.46. The van der Waals surface area contributed by atoms with Crippen LogP contribution in [0.1, 0.15) is 13.8 Å². The molecule has 0 aliphatic rings. The lowest BCUT2D eigenvalue weighted by Gasteiger charge is -2.01. The zero-order valence-electron chi connectivity index (χ0n) is 12.4. The molecule has 0 aromatic carbocycles. The second-order valence-corrected chi connectivity index (χ2v) is 4.11. The molecule has 3 aromatic rings. The van der Waals surface area contributed by atoms with Gasteiger partial charge in [-0.3, -0.25) is 9.67 Å². The molecule has 0 aliphatic carbocycles. The number of hydrogen-bond donors (Lipinski definition) is 1. The van der Waals surface area contributed by atoms with Crippen LogP contribution in [0.5, 0.6) is 0 Å². The van der Waals surface area contributed by atoms with Gasteiger partial charge in [-0.1, -0.05) is 13.8 Å². The van der Waals surface area contributed by atoms with Gasteiger partial charge in [0.2, 0.25) is 5.95 Å². The first kappa shape index (κ1) is 14.6. The van der Waals surface area contributed by atoms with Gasteiger partial charge < -0.3 is 5.73 Å². The highest BCUT2D eigenvalue weighted by molar-refractivity contribution is 5.78. The first-order valence-corrected chi connectivity index (χ1v) is 6.77.